The Labute approximate surface area is 109 Å². The number of carbonyl (C=O) groups is 2. The van der Waals surface area contributed by atoms with E-state index >= 15 is 0 Å². The lowest BCUT2D eigenvalue weighted by Crippen LogP contribution is -2.44. The van der Waals surface area contributed by atoms with Gasteiger partial charge in [-0.25, -0.2) is 0 Å². The summed E-state index contributed by atoms with van der Waals surface area (Å²) in [5.74, 6) is -0.0751. The van der Waals surface area contributed by atoms with E-state index in [1.165, 1.54) is 4.90 Å². The van der Waals surface area contributed by atoms with Gasteiger partial charge in [0, 0.05) is 34.3 Å². The third-order valence-corrected chi connectivity index (χ3v) is 2.41. The van der Waals surface area contributed by atoms with Crippen molar-refractivity contribution in [3.63, 3.8) is 0 Å². The monoisotopic (exact) mass is 259 g/mol. The van der Waals surface area contributed by atoms with E-state index in [0.29, 0.717) is 19.7 Å². The van der Waals surface area contributed by atoms with Crippen LogP contribution >= 0.6 is 0 Å². The molecule has 106 valence electrons. The molecule has 2 amide bonds. The average Bonchev–Trinajstić information content (AvgIpc) is 2.33. The maximum Gasteiger partial charge on any atom is 0.236 e. The quantitative estimate of drug-likeness (QED) is 0.609. The van der Waals surface area contributed by atoms with Crippen LogP contribution in [0.2, 0.25) is 0 Å². The molecule has 0 radical (unpaired) electrons. The lowest BCUT2D eigenvalue weighted by molar-refractivity contribution is -0.131. The van der Waals surface area contributed by atoms with Crippen molar-refractivity contribution < 1.29 is 14.3 Å². The van der Waals surface area contributed by atoms with Crippen molar-refractivity contribution in [2.45, 2.75) is 13.3 Å². The molecule has 0 aromatic carbocycles. The molecule has 0 rings (SSSR count). The first-order valence-corrected chi connectivity index (χ1v) is 6.19. The first kappa shape index (κ1) is 16.9. The minimum atomic E-state index is -0.0560. The summed E-state index contributed by atoms with van der Waals surface area (Å²) >= 11 is 0. The van der Waals surface area contributed by atoms with Gasteiger partial charge in [0.25, 0.3) is 0 Å². The molecule has 6 heteroatoms. The molecular formula is C12H25N3O3. The van der Waals surface area contributed by atoms with Crippen molar-refractivity contribution in [3.8, 4) is 0 Å². The molecule has 0 aromatic rings. The van der Waals surface area contributed by atoms with E-state index in [4.69, 9.17) is 4.74 Å². The zero-order valence-corrected chi connectivity index (χ0v) is 11.9. The average molecular weight is 259 g/mol. The summed E-state index contributed by atoms with van der Waals surface area (Å²) in [5, 5.41) is 2.80. The zero-order valence-electron chi connectivity index (χ0n) is 11.9. The Hall–Kier alpha value is -1.14. The van der Waals surface area contributed by atoms with Crippen LogP contribution < -0.4 is 5.32 Å². The number of nitrogens with one attached hydrogen (secondary N) is 1. The lowest BCUT2D eigenvalue weighted by Gasteiger charge is -2.22. The molecule has 6 nitrogen and oxygen atoms in total. The summed E-state index contributed by atoms with van der Waals surface area (Å²) in [4.78, 5) is 26.5. The van der Waals surface area contributed by atoms with Gasteiger partial charge in [0.15, 0.2) is 0 Å². The summed E-state index contributed by atoms with van der Waals surface area (Å²) < 4.78 is 4.98. The van der Waals surface area contributed by atoms with Crippen molar-refractivity contribution in [3.05, 3.63) is 0 Å². The molecule has 0 saturated carbocycles. The van der Waals surface area contributed by atoms with Crippen LogP contribution in [0.5, 0.6) is 0 Å². The van der Waals surface area contributed by atoms with Crippen LogP contribution in [0.1, 0.15) is 13.3 Å². The van der Waals surface area contributed by atoms with Crippen LogP contribution in [-0.4, -0.2) is 75.6 Å². The summed E-state index contributed by atoms with van der Waals surface area (Å²) in [6.07, 6.45) is 0.903. The molecule has 18 heavy (non-hydrogen) atoms. The number of rotatable bonds is 9. The summed E-state index contributed by atoms with van der Waals surface area (Å²) in [6.45, 7) is 4.19. The number of amides is 2. The van der Waals surface area contributed by atoms with E-state index in [0.717, 1.165) is 6.42 Å². The maximum absolute atomic E-state index is 11.6. The number of carbonyl (C=O) groups excluding carboxylic acids is 2. The van der Waals surface area contributed by atoms with Crippen LogP contribution in [0.3, 0.4) is 0 Å². The second kappa shape index (κ2) is 9.85. The Morgan fingerprint density at radius 2 is 1.89 bits per heavy atom. The molecule has 0 atom stereocenters. The number of hydrogen-bond donors (Lipinski definition) is 1. The Morgan fingerprint density at radius 1 is 1.22 bits per heavy atom. The van der Waals surface area contributed by atoms with E-state index in [1.54, 1.807) is 26.1 Å². The highest BCUT2D eigenvalue weighted by atomic mass is 16.5. The fraction of sp³-hybridized carbons (Fsp3) is 0.833. The van der Waals surface area contributed by atoms with Gasteiger partial charge < -0.3 is 15.0 Å². The minimum Gasteiger partial charge on any atom is -0.383 e. The van der Waals surface area contributed by atoms with Gasteiger partial charge in [-0.05, 0) is 6.42 Å². The molecule has 0 fully saturated rings. The number of methoxy groups -OCH3 is 1. The highest BCUT2D eigenvalue weighted by Crippen LogP contribution is 1.92. The lowest BCUT2D eigenvalue weighted by atomic mass is 10.4. The molecular weight excluding hydrogens is 234 g/mol. The molecule has 0 saturated heterocycles. The van der Waals surface area contributed by atoms with Gasteiger partial charge in [-0.2, -0.15) is 0 Å². The number of nitrogens with zero attached hydrogens (tertiary/aromatic N) is 2. The molecule has 0 heterocycles. The predicted molar refractivity (Wildman–Crippen MR) is 70.3 cm³/mol. The largest absolute Gasteiger partial charge is 0.383 e. The van der Waals surface area contributed by atoms with Gasteiger partial charge >= 0.3 is 0 Å². The second-order valence-electron chi connectivity index (χ2n) is 4.34. The van der Waals surface area contributed by atoms with E-state index in [2.05, 4.69) is 5.32 Å². The predicted octanol–water partition coefficient (Wildman–Crippen LogP) is -0.451. The summed E-state index contributed by atoms with van der Waals surface area (Å²) in [5.41, 5.74) is 0. The van der Waals surface area contributed by atoms with Crippen LogP contribution in [0.25, 0.3) is 0 Å². The van der Waals surface area contributed by atoms with Gasteiger partial charge in [0.05, 0.1) is 19.7 Å². The number of ether oxygens (including phenoxy) is 1. The molecule has 1 N–H and O–H groups in total. The third kappa shape index (κ3) is 8.03. The van der Waals surface area contributed by atoms with E-state index in [1.807, 2.05) is 6.92 Å². The first-order chi connectivity index (χ1) is 8.51. The van der Waals surface area contributed by atoms with Gasteiger partial charge in [-0.3, -0.25) is 14.5 Å². The van der Waals surface area contributed by atoms with E-state index in [9.17, 15) is 9.59 Å². The molecule has 0 aliphatic rings. The Bertz CT molecular complexity index is 257. The molecule has 0 aliphatic heterocycles. The smallest absolute Gasteiger partial charge is 0.236 e. The van der Waals surface area contributed by atoms with E-state index in [-0.39, 0.29) is 24.9 Å². The minimum absolute atomic E-state index is 0.0191. The highest BCUT2D eigenvalue weighted by Gasteiger charge is 2.15. The maximum atomic E-state index is 11.6. The second-order valence-corrected chi connectivity index (χ2v) is 4.34. The first-order valence-electron chi connectivity index (χ1n) is 6.19. The standard InChI is InChI=1S/C12H25N3O3/c1-5-6-13-11(16)9-15(7-8-18-4)10-12(17)14(2)3/h5-10H2,1-4H3,(H,13,16). The van der Waals surface area contributed by atoms with Crippen molar-refractivity contribution >= 4 is 11.8 Å². The molecule has 0 aliphatic carbocycles. The number of likely N-dealkylation sites (N-methyl/N-ethyl adjacent to an activating group) is 1. The Kier molecular flexibility index (Phi) is 9.22. The Balaban J connectivity index is 4.21. The number of hydrogen-bond acceptors (Lipinski definition) is 4. The van der Waals surface area contributed by atoms with Crippen molar-refractivity contribution in [2.24, 2.45) is 0 Å². The van der Waals surface area contributed by atoms with Crippen LogP contribution in [-0.2, 0) is 14.3 Å². The van der Waals surface area contributed by atoms with Crippen molar-refractivity contribution in [2.75, 3.05) is 54.0 Å². The SMILES string of the molecule is CCCNC(=O)CN(CCOC)CC(=O)N(C)C. The Morgan fingerprint density at radius 3 is 2.39 bits per heavy atom. The summed E-state index contributed by atoms with van der Waals surface area (Å²) in [6, 6.07) is 0. The van der Waals surface area contributed by atoms with Crippen LogP contribution in [0.15, 0.2) is 0 Å². The normalized spacial score (nSPS) is 10.5. The molecule has 0 bridgehead atoms. The van der Waals surface area contributed by atoms with E-state index < -0.39 is 0 Å². The molecule has 0 aromatic heterocycles. The van der Waals surface area contributed by atoms with Gasteiger partial charge in [-0.1, -0.05) is 6.92 Å². The fourth-order valence-corrected chi connectivity index (χ4v) is 1.29. The van der Waals surface area contributed by atoms with Crippen LogP contribution in [0, 0.1) is 0 Å². The third-order valence-electron chi connectivity index (χ3n) is 2.41. The van der Waals surface area contributed by atoms with Crippen molar-refractivity contribution in [1.82, 2.24) is 15.1 Å². The molecule has 0 unspecified atom stereocenters. The highest BCUT2D eigenvalue weighted by molar-refractivity contribution is 5.80. The topological polar surface area (TPSA) is 61.9 Å². The van der Waals surface area contributed by atoms with Gasteiger partial charge in [0.1, 0.15) is 0 Å². The van der Waals surface area contributed by atoms with Crippen molar-refractivity contribution in [1.29, 1.82) is 0 Å². The fourth-order valence-electron chi connectivity index (χ4n) is 1.29. The van der Waals surface area contributed by atoms with Crippen LogP contribution in [0.4, 0.5) is 0 Å². The van der Waals surface area contributed by atoms with Gasteiger partial charge in [-0.15, -0.1) is 0 Å². The molecule has 0 spiro atoms. The summed E-state index contributed by atoms with van der Waals surface area (Å²) in [7, 11) is 5.01. The van der Waals surface area contributed by atoms with Gasteiger partial charge in [0.2, 0.25) is 11.8 Å². The zero-order chi connectivity index (χ0) is 14.0.